The van der Waals surface area contributed by atoms with Crippen molar-refractivity contribution in [1.82, 2.24) is 5.32 Å². The topological polar surface area (TPSA) is 12.0 Å². The molecule has 1 aliphatic rings. The molecule has 0 radical (unpaired) electrons. The van der Waals surface area contributed by atoms with Crippen molar-refractivity contribution in [3.05, 3.63) is 35.4 Å². The Labute approximate surface area is 118 Å². The highest BCUT2D eigenvalue weighted by Crippen LogP contribution is 2.40. The number of hydrogen-bond donors (Lipinski definition) is 1. The van der Waals surface area contributed by atoms with Crippen LogP contribution in [0.2, 0.25) is 0 Å². The largest absolute Gasteiger partial charge is 0.316 e. The molecule has 0 bridgehead atoms. The van der Waals surface area contributed by atoms with Crippen LogP contribution < -0.4 is 5.32 Å². The average molecular weight is 259 g/mol. The Morgan fingerprint density at radius 2 is 1.95 bits per heavy atom. The van der Waals surface area contributed by atoms with Gasteiger partial charge in [-0.15, -0.1) is 0 Å². The Hall–Kier alpha value is -0.820. The quantitative estimate of drug-likeness (QED) is 0.700. The third-order valence-corrected chi connectivity index (χ3v) is 4.78. The van der Waals surface area contributed by atoms with Gasteiger partial charge in [-0.3, -0.25) is 0 Å². The molecular weight excluding hydrogens is 230 g/mol. The fraction of sp³-hybridized carbons (Fsp3) is 0.667. The zero-order valence-electron chi connectivity index (χ0n) is 12.8. The van der Waals surface area contributed by atoms with Gasteiger partial charge >= 0.3 is 0 Å². The second-order valence-corrected chi connectivity index (χ2v) is 6.23. The second kappa shape index (κ2) is 7.09. The predicted molar refractivity (Wildman–Crippen MR) is 83.8 cm³/mol. The van der Waals surface area contributed by atoms with Gasteiger partial charge in [-0.2, -0.15) is 0 Å². The Morgan fingerprint density at radius 3 is 2.58 bits per heavy atom. The van der Waals surface area contributed by atoms with Crippen molar-refractivity contribution in [2.75, 3.05) is 13.1 Å². The van der Waals surface area contributed by atoms with E-state index in [1.54, 1.807) is 11.1 Å². The minimum absolute atomic E-state index is 0.654. The molecule has 1 heteroatoms. The Bertz CT molecular complexity index is 381. The smallest absolute Gasteiger partial charge is 0.00174 e. The van der Waals surface area contributed by atoms with E-state index in [9.17, 15) is 0 Å². The molecule has 1 aromatic rings. The number of benzene rings is 1. The Morgan fingerprint density at radius 1 is 1.21 bits per heavy atom. The highest BCUT2D eigenvalue weighted by atomic mass is 14.8. The van der Waals surface area contributed by atoms with Gasteiger partial charge in [0.1, 0.15) is 0 Å². The summed E-state index contributed by atoms with van der Waals surface area (Å²) in [6.07, 6.45) is 5.43. The van der Waals surface area contributed by atoms with Crippen LogP contribution in [0.4, 0.5) is 0 Å². The number of nitrogens with one attached hydrogen (secondary N) is 1. The van der Waals surface area contributed by atoms with E-state index in [0.29, 0.717) is 11.8 Å². The molecule has 2 atom stereocenters. The lowest BCUT2D eigenvalue weighted by molar-refractivity contribution is 0.403. The van der Waals surface area contributed by atoms with Gasteiger partial charge in [-0.1, -0.05) is 51.5 Å². The molecule has 1 N–H and O–H groups in total. The summed E-state index contributed by atoms with van der Waals surface area (Å²) < 4.78 is 0. The predicted octanol–water partition coefficient (Wildman–Crippen LogP) is 4.69. The molecule has 1 nitrogen and oxygen atoms in total. The molecule has 106 valence electrons. The normalized spacial score (nSPS) is 18.9. The molecule has 0 saturated heterocycles. The average Bonchev–Trinajstić information content (AvgIpc) is 2.37. The first-order valence-corrected chi connectivity index (χ1v) is 8.03. The van der Waals surface area contributed by atoms with Gasteiger partial charge in [-0.05, 0) is 61.2 Å². The van der Waals surface area contributed by atoms with Crippen molar-refractivity contribution < 1.29 is 0 Å². The maximum atomic E-state index is 3.56. The van der Waals surface area contributed by atoms with Crippen LogP contribution in [0, 0.1) is 5.92 Å². The zero-order chi connectivity index (χ0) is 13.7. The van der Waals surface area contributed by atoms with Gasteiger partial charge in [-0.25, -0.2) is 0 Å². The Balaban J connectivity index is 2.03. The first-order chi connectivity index (χ1) is 9.24. The molecular formula is C18H29N. The molecule has 19 heavy (non-hydrogen) atoms. The fourth-order valence-corrected chi connectivity index (χ4v) is 3.01. The summed E-state index contributed by atoms with van der Waals surface area (Å²) in [5.74, 6) is 2.20. The van der Waals surface area contributed by atoms with Crippen LogP contribution in [0.1, 0.15) is 69.4 Å². The highest BCUT2D eigenvalue weighted by molar-refractivity contribution is 5.34. The summed E-state index contributed by atoms with van der Waals surface area (Å²) in [6.45, 7) is 9.28. The molecule has 1 aromatic carbocycles. The zero-order valence-corrected chi connectivity index (χ0v) is 12.8. The molecule has 2 rings (SSSR count). The minimum atomic E-state index is 0.654. The summed E-state index contributed by atoms with van der Waals surface area (Å²) in [4.78, 5) is 0. The van der Waals surface area contributed by atoms with Crippen LogP contribution >= 0.6 is 0 Å². The first kappa shape index (κ1) is 14.6. The van der Waals surface area contributed by atoms with Crippen molar-refractivity contribution in [2.24, 2.45) is 5.92 Å². The van der Waals surface area contributed by atoms with E-state index in [-0.39, 0.29) is 0 Å². The van der Waals surface area contributed by atoms with Crippen molar-refractivity contribution >= 4 is 0 Å². The summed E-state index contributed by atoms with van der Waals surface area (Å²) in [5.41, 5.74) is 3.22. The van der Waals surface area contributed by atoms with Gasteiger partial charge in [0.2, 0.25) is 0 Å². The van der Waals surface area contributed by atoms with E-state index in [4.69, 9.17) is 0 Å². The maximum absolute atomic E-state index is 3.56. The van der Waals surface area contributed by atoms with Crippen LogP contribution in [0.5, 0.6) is 0 Å². The number of rotatable bonds is 7. The minimum Gasteiger partial charge on any atom is -0.316 e. The van der Waals surface area contributed by atoms with E-state index >= 15 is 0 Å². The standard InChI is InChI=1S/C18H29N/c1-4-12-19-13-14(2)15(3)17-10-5-6-11-18(17)16-8-7-9-16/h5-6,10-11,14-16,19H,4,7-9,12-13H2,1-3H3. The van der Waals surface area contributed by atoms with Gasteiger partial charge < -0.3 is 5.32 Å². The second-order valence-electron chi connectivity index (χ2n) is 6.23. The van der Waals surface area contributed by atoms with E-state index in [2.05, 4.69) is 50.4 Å². The monoisotopic (exact) mass is 259 g/mol. The lowest BCUT2D eigenvalue weighted by Crippen LogP contribution is -2.26. The van der Waals surface area contributed by atoms with Crippen LogP contribution in [-0.2, 0) is 0 Å². The van der Waals surface area contributed by atoms with Crippen molar-refractivity contribution in [3.63, 3.8) is 0 Å². The van der Waals surface area contributed by atoms with Crippen molar-refractivity contribution in [3.8, 4) is 0 Å². The molecule has 0 aliphatic heterocycles. The molecule has 0 amide bonds. The lowest BCUT2D eigenvalue weighted by Gasteiger charge is -2.31. The molecule has 0 spiro atoms. The fourth-order valence-electron chi connectivity index (χ4n) is 3.01. The van der Waals surface area contributed by atoms with E-state index < -0.39 is 0 Å². The molecule has 1 fully saturated rings. The van der Waals surface area contributed by atoms with Gasteiger partial charge in [0.15, 0.2) is 0 Å². The SMILES string of the molecule is CCCNCC(C)C(C)c1ccccc1C1CCC1. The third kappa shape index (κ3) is 3.60. The first-order valence-electron chi connectivity index (χ1n) is 8.03. The van der Waals surface area contributed by atoms with E-state index in [0.717, 1.165) is 19.0 Å². The van der Waals surface area contributed by atoms with Crippen LogP contribution in [0.3, 0.4) is 0 Å². The molecule has 1 saturated carbocycles. The number of hydrogen-bond acceptors (Lipinski definition) is 1. The molecule has 0 heterocycles. The summed E-state index contributed by atoms with van der Waals surface area (Å²) in [6, 6.07) is 9.14. The maximum Gasteiger partial charge on any atom is -0.00174 e. The van der Waals surface area contributed by atoms with Gasteiger partial charge in [0.05, 0.1) is 0 Å². The summed E-state index contributed by atoms with van der Waals surface area (Å²) in [7, 11) is 0. The molecule has 1 aliphatic carbocycles. The lowest BCUT2D eigenvalue weighted by atomic mass is 9.74. The summed E-state index contributed by atoms with van der Waals surface area (Å²) >= 11 is 0. The summed E-state index contributed by atoms with van der Waals surface area (Å²) in [5, 5.41) is 3.56. The van der Waals surface area contributed by atoms with Gasteiger partial charge in [0.25, 0.3) is 0 Å². The van der Waals surface area contributed by atoms with Crippen LogP contribution in [0.15, 0.2) is 24.3 Å². The third-order valence-electron chi connectivity index (χ3n) is 4.78. The van der Waals surface area contributed by atoms with E-state index in [1.165, 1.54) is 25.7 Å². The van der Waals surface area contributed by atoms with E-state index in [1.807, 2.05) is 0 Å². The highest BCUT2D eigenvalue weighted by Gasteiger charge is 2.25. The molecule has 0 aromatic heterocycles. The van der Waals surface area contributed by atoms with Crippen molar-refractivity contribution in [1.29, 1.82) is 0 Å². The molecule has 2 unspecified atom stereocenters. The van der Waals surface area contributed by atoms with Gasteiger partial charge in [0, 0.05) is 0 Å². The van der Waals surface area contributed by atoms with Crippen molar-refractivity contribution in [2.45, 2.75) is 58.3 Å². The van der Waals surface area contributed by atoms with Crippen LogP contribution in [-0.4, -0.2) is 13.1 Å². The van der Waals surface area contributed by atoms with Crippen LogP contribution in [0.25, 0.3) is 0 Å². The Kier molecular flexibility index (Phi) is 5.45.